The van der Waals surface area contributed by atoms with E-state index >= 15 is 0 Å². The van der Waals surface area contributed by atoms with Crippen molar-refractivity contribution in [3.63, 3.8) is 0 Å². The van der Waals surface area contributed by atoms with Crippen molar-refractivity contribution in [1.82, 2.24) is 10.2 Å². The highest BCUT2D eigenvalue weighted by Crippen LogP contribution is 2.24. The molecule has 0 saturated heterocycles. The van der Waals surface area contributed by atoms with E-state index in [4.69, 9.17) is 13.6 Å². The second-order valence-corrected chi connectivity index (χ2v) is 6.37. The lowest BCUT2D eigenvalue weighted by atomic mass is 10.2. The Labute approximate surface area is 166 Å². The van der Waals surface area contributed by atoms with Crippen LogP contribution in [0.3, 0.4) is 0 Å². The number of benzene rings is 1. The largest absolute Gasteiger partial charge is 0.451 e. The Kier molecular flexibility index (Phi) is 5.64. The molecule has 0 fully saturated rings. The van der Waals surface area contributed by atoms with Crippen molar-refractivity contribution in [3.8, 4) is 11.5 Å². The molecule has 3 rings (SSSR count). The molecule has 1 aromatic carbocycles. The van der Waals surface area contributed by atoms with Crippen molar-refractivity contribution < 1.29 is 23.3 Å². The number of carbonyl (C=O) groups excluding carboxylic acids is 1. The maximum absolute atomic E-state index is 11.9. The van der Waals surface area contributed by atoms with Gasteiger partial charge in [0.1, 0.15) is 5.76 Å². The summed E-state index contributed by atoms with van der Waals surface area (Å²) < 4.78 is 16.7. The van der Waals surface area contributed by atoms with Gasteiger partial charge in [-0.25, -0.2) is 4.79 Å². The predicted octanol–water partition coefficient (Wildman–Crippen LogP) is 4.16. The molecule has 0 aliphatic carbocycles. The van der Waals surface area contributed by atoms with Gasteiger partial charge in [0.15, 0.2) is 9.87 Å². The number of furan rings is 1. The molecule has 2 aromatic heterocycles. The highest BCUT2D eigenvalue weighted by molar-refractivity contribution is 14.1. The average Bonchev–Trinajstić information content (AvgIpc) is 3.29. The Morgan fingerprint density at radius 3 is 2.59 bits per heavy atom. The molecule has 0 aliphatic rings. The fourth-order valence-electron chi connectivity index (χ4n) is 2.07. The van der Waals surface area contributed by atoms with Gasteiger partial charge in [-0.05, 0) is 59.9 Å². The van der Waals surface area contributed by atoms with Gasteiger partial charge in [0.05, 0.1) is 4.92 Å². The van der Waals surface area contributed by atoms with Gasteiger partial charge in [0, 0.05) is 23.8 Å². The number of esters is 1. The van der Waals surface area contributed by atoms with E-state index in [-0.39, 0.29) is 17.5 Å². The highest BCUT2D eigenvalue weighted by atomic mass is 127. The number of nitro groups is 1. The summed E-state index contributed by atoms with van der Waals surface area (Å²) in [7, 11) is 0. The Hall–Kier alpha value is -3.02. The summed E-state index contributed by atoms with van der Waals surface area (Å²) in [5.74, 6) is 0.215. The van der Waals surface area contributed by atoms with Gasteiger partial charge in [0.2, 0.25) is 5.89 Å². The number of non-ortho nitro benzene ring substituents is 1. The molecule has 27 heavy (non-hydrogen) atoms. The summed E-state index contributed by atoms with van der Waals surface area (Å²) in [6, 6.07) is 9.17. The van der Waals surface area contributed by atoms with Crippen LogP contribution < -0.4 is 0 Å². The normalized spacial score (nSPS) is 12.2. The lowest BCUT2D eigenvalue weighted by Gasteiger charge is -2.06. The zero-order valence-electron chi connectivity index (χ0n) is 13.9. The van der Waals surface area contributed by atoms with Crippen LogP contribution in [0.5, 0.6) is 0 Å². The third-order valence-corrected chi connectivity index (χ3v) is 3.96. The number of halogens is 1. The molecule has 2 heterocycles. The molecule has 3 aromatic rings. The van der Waals surface area contributed by atoms with E-state index in [9.17, 15) is 14.9 Å². The van der Waals surface area contributed by atoms with Crippen LogP contribution in [0.4, 0.5) is 5.69 Å². The fraction of sp³-hybridized carbons (Fsp3) is 0.118. The van der Waals surface area contributed by atoms with Gasteiger partial charge in [-0.1, -0.05) is 0 Å². The molecule has 0 amide bonds. The standard InChI is InChI=1S/C17H12IN3O6/c1-10(25-15(22)9-7-13-6-8-14(18)26-13)16-19-20-17(27-16)11-2-4-12(5-3-11)21(23)24/h2-10H,1H3/b9-7+. The number of aromatic nitrogens is 2. The van der Waals surface area contributed by atoms with Crippen LogP contribution in [0.25, 0.3) is 17.5 Å². The maximum Gasteiger partial charge on any atom is 0.331 e. The van der Waals surface area contributed by atoms with Crippen LogP contribution in [0.15, 0.2) is 51.3 Å². The third kappa shape index (κ3) is 4.78. The zero-order valence-corrected chi connectivity index (χ0v) is 16.0. The Morgan fingerprint density at radius 2 is 1.96 bits per heavy atom. The van der Waals surface area contributed by atoms with Crippen molar-refractivity contribution in [1.29, 1.82) is 0 Å². The first-order chi connectivity index (χ1) is 12.9. The fourth-order valence-corrected chi connectivity index (χ4v) is 2.51. The van der Waals surface area contributed by atoms with E-state index in [1.54, 1.807) is 19.1 Å². The van der Waals surface area contributed by atoms with Crippen molar-refractivity contribution in [2.75, 3.05) is 0 Å². The Morgan fingerprint density at radius 1 is 1.22 bits per heavy atom. The number of carbonyl (C=O) groups is 1. The summed E-state index contributed by atoms with van der Waals surface area (Å²) in [5.41, 5.74) is 0.476. The smallest absolute Gasteiger partial charge is 0.331 e. The Bertz CT molecular complexity index is 992. The van der Waals surface area contributed by atoms with Gasteiger partial charge in [-0.3, -0.25) is 10.1 Å². The van der Waals surface area contributed by atoms with E-state index in [0.717, 1.165) is 0 Å². The first-order valence-electron chi connectivity index (χ1n) is 7.64. The highest BCUT2D eigenvalue weighted by Gasteiger charge is 2.18. The third-order valence-electron chi connectivity index (χ3n) is 3.38. The van der Waals surface area contributed by atoms with E-state index < -0.39 is 17.0 Å². The second-order valence-electron chi connectivity index (χ2n) is 5.30. The van der Waals surface area contributed by atoms with Gasteiger partial charge in [-0.15, -0.1) is 10.2 Å². The van der Waals surface area contributed by atoms with Gasteiger partial charge in [0.25, 0.3) is 11.6 Å². The molecular weight excluding hydrogens is 469 g/mol. The molecule has 138 valence electrons. The van der Waals surface area contributed by atoms with Crippen molar-refractivity contribution in [2.45, 2.75) is 13.0 Å². The molecule has 0 N–H and O–H groups in total. The summed E-state index contributed by atoms with van der Waals surface area (Å²) in [6.07, 6.45) is 1.96. The Balaban J connectivity index is 1.64. The summed E-state index contributed by atoms with van der Waals surface area (Å²) in [6.45, 7) is 1.59. The topological polar surface area (TPSA) is 122 Å². The van der Waals surface area contributed by atoms with Crippen LogP contribution in [0, 0.1) is 13.9 Å². The summed E-state index contributed by atoms with van der Waals surface area (Å²) >= 11 is 2.02. The summed E-state index contributed by atoms with van der Waals surface area (Å²) in [4.78, 5) is 22.1. The average molecular weight is 481 g/mol. The minimum atomic E-state index is -0.766. The summed E-state index contributed by atoms with van der Waals surface area (Å²) in [5, 5.41) is 18.4. The van der Waals surface area contributed by atoms with Gasteiger partial charge >= 0.3 is 5.97 Å². The molecular formula is C17H12IN3O6. The molecule has 0 bridgehead atoms. The number of rotatable bonds is 6. The van der Waals surface area contributed by atoms with Crippen LogP contribution in [0.2, 0.25) is 0 Å². The van der Waals surface area contributed by atoms with Crippen molar-refractivity contribution >= 4 is 40.3 Å². The maximum atomic E-state index is 11.9. The number of hydrogen-bond acceptors (Lipinski definition) is 8. The molecule has 1 unspecified atom stereocenters. The molecule has 0 aliphatic heterocycles. The van der Waals surface area contributed by atoms with E-state index in [2.05, 4.69) is 10.2 Å². The van der Waals surface area contributed by atoms with E-state index in [1.165, 1.54) is 36.4 Å². The molecule has 10 heteroatoms. The van der Waals surface area contributed by atoms with Crippen molar-refractivity contribution in [2.24, 2.45) is 0 Å². The molecule has 0 spiro atoms. The zero-order chi connectivity index (χ0) is 19.4. The first kappa shape index (κ1) is 18.8. The molecule has 9 nitrogen and oxygen atoms in total. The quantitative estimate of drug-likeness (QED) is 0.169. The number of hydrogen-bond donors (Lipinski definition) is 0. The van der Waals surface area contributed by atoms with Crippen LogP contribution in [0.1, 0.15) is 24.7 Å². The number of ether oxygens (including phenoxy) is 1. The van der Waals surface area contributed by atoms with Gasteiger partial charge in [-0.2, -0.15) is 0 Å². The first-order valence-corrected chi connectivity index (χ1v) is 8.72. The molecule has 1 atom stereocenters. The SMILES string of the molecule is CC(OC(=O)/C=C/c1ccc(I)o1)c1nnc(-c2ccc([N+](=O)[O-])cc2)o1. The lowest BCUT2D eigenvalue weighted by molar-refractivity contribution is -0.384. The van der Waals surface area contributed by atoms with Crippen LogP contribution in [-0.2, 0) is 9.53 Å². The second kappa shape index (κ2) is 8.12. The van der Waals surface area contributed by atoms with E-state index in [1.807, 2.05) is 22.6 Å². The molecule has 0 saturated carbocycles. The van der Waals surface area contributed by atoms with E-state index in [0.29, 0.717) is 15.1 Å². The lowest BCUT2D eigenvalue weighted by Crippen LogP contribution is -2.06. The number of nitro benzene ring substituents is 1. The minimum Gasteiger partial charge on any atom is -0.451 e. The molecule has 0 radical (unpaired) electrons. The van der Waals surface area contributed by atoms with Crippen LogP contribution >= 0.6 is 22.6 Å². The van der Waals surface area contributed by atoms with Gasteiger partial charge < -0.3 is 13.6 Å². The number of nitrogens with zero attached hydrogens (tertiary/aromatic N) is 3. The van der Waals surface area contributed by atoms with Crippen LogP contribution in [-0.4, -0.2) is 21.1 Å². The monoisotopic (exact) mass is 481 g/mol. The minimum absolute atomic E-state index is 0.0428. The predicted molar refractivity (Wildman–Crippen MR) is 101 cm³/mol. The van der Waals surface area contributed by atoms with Crippen molar-refractivity contribution in [3.05, 3.63) is 68.0 Å².